The van der Waals surface area contributed by atoms with E-state index in [4.69, 9.17) is 0 Å². The maximum Gasteiger partial charge on any atom is 0.407 e. The second kappa shape index (κ2) is 11.2. The van der Waals surface area contributed by atoms with Crippen molar-refractivity contribution in [1.29, 1.82) is 0 Å². The highest BCUT2D eigenvalue weighted by atomic mass is 16.5. The van der Waals surface area contributed by atoms with E-state index < -0.39 is 0 Å². The second-order valence-corrected chi connectivity index (χ2v) is 5.31. The average Bonchev–Trinajstić information content (AvgIpc) is 2.96. The van der Waals surface area contributed by atoms with Crippen molar-refractivity contribution in [1.82, 2.24) is 10.6 Å². The molecule has 0 heterocycles. The Morgan fingerprint density at radius 3 is 2.52 bits per heavy atom. The normalized spacial score (nSPS) is 16.4. The van der Waals surface area contributed by atoms with Crippen LogP contribution in [-0.4, -0.2) is 32.2 Å². The minimum atomic E-state index is -0.382. The molecule has 5 nitrogen and oxygen atoms in total. The first kappa shape index (κ1) is 19.5. The number of rotatable bonds is 8. The highest BCUT2D eigenvalue weighted by Crippen LogP contribution is 2.37. The summed E-state index contributed by atoms with van der Waals surface area (Å²) in [5, 5.41) is 5.56. The van der Waals surface area contributed by atoms with Gasteiger partial charge in [0.15, 0.2) is 0 Å². The van der Waals surface area contributed by atoms with E-state index in [0.717, 1.165) is 45.1 Å². The summed E-state index contributed by atoms with van der Waals surface area (Å²) >= 11 is 0. The lowest BCUT2D eigenvalue weighted by Crippen LogP contribution is -2.34. The maximum atomic E-state index is 11.1. The Kier molecular flexibility index (Phi) is 10.4. The summed E-state index contributed by atoms with van der Waals surface area (Å²) in [5.74, 6) is 0. The molecule has 0 aromatic carbocycles. The number of carbonyl (C=O) groups is 2. The lowest BCUT2D eigenvalue weighted by molar-refractivity contribution is -0.110. The summed E-state index contributed by atoms with van der Waals surface area (Å²) in [6, 6.07) is 0.109. The molecule has 1 rings (SSSR count). The summed E-state index contributed by atoms with van der Waals surface area (Å²) in [6.45, 7) is 6.70. The van der Waals surface area contributed by atoms with E-state index in [-0.39, 0.29) is 17.6 Å². The first-order valence-electron chi connectivity index (χ1n) is 7.78. The van der Waals surface area contributed by atoms with E-state index in [9.17, 15) is 9.59 Å². The van der Waals surface area contributed by atoms with Crippen molar-refractivity contribution in [2.45, 2.75) is 58.9 Å². The predicted molar refractivity (Wildman–Crippen MR) is 85.1 cm³/mol. The van der Waals surface area contributed by atoms with Gasteiger partial charge in [-0.25, -0.2) is 4.79 Å². The zero-order valence-electron chi connectivity index (χ0n) is 13.8. The molecule has 2 N–H and O–H groups in total. The minimum Gasteiger partial charge on any atom is -0.453 e. The SMILES string of the molecule is CC.COC(=O)NC(C)CCCC1(CNC=O)CC=CC1. The van der Waals surface area contributed by atoms with Crippen LogP contribution in [0.1, 0.15) is 52.9 Å². The van der Waals surface area contributed by atoms with E-state index in [0.29, 0.717) is 0 Å². The molecule has 122 valence electrons. The molecule has 0 radical (unpaired) electrons. The lowest BCUT2D eigenvalue weighted by Gasteiger charge is -2.29. The summed E-state index contributed by atoms with van der Waals surface area (Å²) in [6.07, 6.45) is 9.78. The standard InChI is InChI=1S/C14H24N2O3.C2H6/c1-12(16-13(18)19-2)6-5-9-14(10-15-11-17)7-3-4-8-14;1-2/h3-4,11-12H,5-10H2,1-2H3,(H,15,17)(H,16,18);1-2H3. The molecule has 1 aliphatic carbocycles. The van der Waals surface area contributed by atoms with E-state index in [1.165, 1.54) is 7.11 Å². The molecule has 21 heavy (non-hydrogen) atoms. The van der Waals surface area contributed by atoms with Crippen LogP contribution in [0, 0.1) is 5.41 Å². The number of amides is 2. The Hall–Kier alpha value is -1.52. The number of allylic oxidation sites excluding steroid dienone is 2. The summed E-state index contributed by atoms with van der Waals surface area (Å²) < 4.78 is 4.56. The molecule has 0 spiro atoms. The molecule has 0 aromatic heterocycles. The molecular formula is C16H30N2O3. The fourth-order valence-electron chi connectivity index (χ4n) is 2.56. The molecule has 1 aliphatic rings. The second-order valence-electron chi connectivity index (χ2n) is 5.31. The smallest absolute Gasteiger partial charge is 0.407 e. The van der Waals surface area contributed by atoms with Gasteiger partial charge in [-0.15, -0.1) is 0 Å². The molecule has 1 unspecified atom stereocenters. The van der Waals surface area contributed by atoms with Gasteiger partial charge in [0.1, 0.15) is 0 Å². The lowest BCUT2D eigenvalue weighted by atomic mass is 9.80. The quantitative estimate of drug-likeness (QED) is 0.534. The summed E-state index contributed by atoms with van der Waals surface area (Å²) in [4.78, 5) is 21.5. The number of carbonyl (C=O) groups excluding carboxylic acids is 2. The van der Waals surface area contributed by atoms with E-state index in [1.807, 2.05) is 20.8 Å². The van der Waals surface area contributed by atoms with Crippen molar-refractivity contribution >= 4 is 12.5 Å². The highest BCUT2D eigenvalue weighted by Gasteiger charge is 2.30. The first-order valence-corrected chi connectivity index (χ1v) is 7.78. The Bertz CT molecular complexity index is 321. The number of alkyl carbamates (subject to hydrolysis) is 1. The van der Waals surface area contributed by atoms with Crippen LogP contribution < -0.4 is 10.6 Å². The monoisotopic (exact) mass is 298 g/mol. The van der Waals surface area contributed by atoms with Gasteiger partial charge in [-0.1, -0.05) is 32.4 Å². The van der Waals surface area contributed by atoms with Crippen LogP contribution in [0.3, 0.4) is 0 Å². The number of hydrogen-bond acceptors (Lipinski definition) is 3. The predicted octanol–water partition coefficient (Wildman–Crippen LogP) is 3.01. The third kappa shape index (κ3) is 7.73. The maximum absolute atomic E-state index is 11.1. The van der Waals surface area contributed by atoms with Crippen LogP contribution in [0.25, 0.3) is 0 Å². The molecule has 0 aliphatic heterocycles. The number of ether oxygens (including phenoxy) is 1. The number of methoxy groups -OCH3 is 1. The van der Waals surface area contributed by atoms with Crippen molar-refractivity contribution in [3.8, 4) is 0 Å². The van der Waals surface area contributed by atoms with Crippen molar-refractivity contribution in [3.63, 3.8) is 0 Å². The molecule has 0 saturated heterocycles. The van der Waals surface area contributed by atoms with Gasteiger partial charge in [0.05, 0.1) is 7.11 Å². The van der Waals surface area contributed by atoms with Crippen molar-refractivity contribution in [3.05, 3.63) is 12.2 Å². The molecular weight excluding hydrogens is 268 g/mol. The van der Waals surface area contributed by atoms with E-state index in [1.54, 1.807) is 0 Å². The highest BCUT2D eigenvalue weighted by molar-refractivity contribution is 5.67. The third-order valence-corrected chi connectivity index (χ3v) is 3.72. The van der Waals surface area contributed by atoms with Crippen molar-refractivity contribution < 1.29 is 14.3 Å². The van der Waals surface area contributed by atoms with E-state index in [2.05, 4.69) is 27.5 Å². The Morgan fingerprint density at radius 1 is 1.38 bits per heavy atom. The third-order valence-electron chi connectivity index (χ3n) is 3.72. The molecule has 0 aromatic rings. The van der Waals surface area contributed by atoms with Gasteiger partial charge in [0.25, 0.3) is 0 Å². The van der Waals surface area contributed by atoms with Gasteiger partial charge in [-0.3, -0.25) is 4.79 Å². The Balaban J connectivity index is 0.00000191. The zero-order chi connectivity index (χ0) is 16.1. The number of nitrogens with one attached hydrogen (secondary N) is 2. The van der Waals surface area contributed by atoms with Crippen LogP contribution in [-0.2, 0) is 9.53 Å². The van der Waals surface area contributed by atoms with Gasteiger partial charge in [0.2, 0.25) is 6.41 Å². The Labute approximate surface area is 128 Å². The average molecular weight is 298 g/mol. The number of hydrogen-bond donors (Lipinski definition) is 2. The molecule has 0 bridgehead atoms. The van der Waals surface area contributed by atoms with Gasteiger partial charge in [-0.05, 0) is 38.0 Å². The molecule has 0 fully saturated rings. The van der Waals surface area contributed by atoms with E-state index >= 15 is 0 Å². The first-order chi connectivity index (χ1) is 10.1. The summed E-state index contributed by atoms with van der Waals surface area (Å²) in [5.41, 5.74) is 0.173. The topological polar surface area (TPSA) is 67.4 Å². The van der Waals surface area contributed by atoms with Crippen molar-refractivity contribution in [2.24, 2.45) is 5.41 Å². The van der Waals surface area contributed by atoms with Crippen LogP contribution in [0.5, 0.6) is 0 Å². The van der Waals surface area contributed by atoms with Crippen molar-refractivity contribution in [2.75, 3.05) is 13.7 Å². The molecule has 1 atom stereocenters. The molecule has 2 amide bonds. The largest absolute Gasteiger partial charge is 0.453 e. The Morgan fingerprint density at radius 2 is 2.00 bits per heavy atom. The fourth-order valence-corrected chi connectivity index (χ4v) is 2.56. The zero-order valence-corrected chi connectivity index (χ0v) is 13.8. The van der Waals surface area contributed by atoms with Crippen LogP contribution in [0.2, 0.25) is 0 Å². The van der Waals surface area contributed by atoms with Gasteiger partial charge in [-0.2, -0.15) is 0 Å². The van der Waals surface area contributed by atoms with Crippen LogP contribution in [0.4, 0.5) is 4.79 Å². The minimum absolute atomic E-state index is 0.109. The van der Waals surface area contributed by atoms with Gasteiger partial charge in [0, 0.05) is 12.6 Å². The van der Waals surface area contributed by atoms with Crippen LogP contribution >= 0.6 is 0 Å². The summed E-state index contributed by atoms with van der Waals surface area (Å²) in [7, 11) is 1.37. The fraction of sp³-hybridized carbons (Fsp3) is 0.750. The molecule has 0 saturated carbocycles. The van der Waals surface area contributed by atoms with Gasteiger partial charge < -0.3 is 15.4 Å². The van der Waals surface area contributed by atoms with Gasteiger partial charge >= 0.3 is 6.09 Å². The molecule has 5 heteroatoms. The van der Waals surface area contributed by atoms with Crippen LogP contribution in [0.15, 0.2) is 12.2 Å².